The average Bonchev–Trinajstić information content (AvgIpc) is 2.62. The van der Waals surface area contributed by atoms with Crippen LogP contribution in [0.3, 0.4) is 0 Å². The van der Waals surface area contributed by atoms with Crippen molar-refractivity contribution < 1.29 is 14.4 Å². The molecule has 18 heavy (non-hydrogen) atoms. The standard InChI is InChI=1S/C14H23NO3/c1-5-10(16)7-8-15-12(17)9-11(13(15)18)14(3,4)6-2/h11H,5-9H2,1-4H3. The van der Waals surface area contributed by atoms with Crippen molar-refractivity contribution in [3.05, 3.63) is 0 Å². The number of imide groups is 1. The van der Waals surface area contributed by atoms with Crippen molar-refractivity contribution in [1.29, 1.82) is 0 Å². The zero-order chi connectivity index (χ0) is 13.9. The second kappa shape index (κ2) is 5.63. The van der Waals surface area contributed by atoms with Gasteiger partial charge in [0.25, 0.3) is 0 Å². The summed E-state index contributed by atoms with van der Waals surface area (Å²) in [5.74, 6) is -0.369. The lowest BCUT2D eigenvalue weighted by molar-refractivity contribution is -0.140. The van der Waals surface area contributed by atoms with E-state index in [-0.39, 0.29) is 41.9 Å². The summed E-state index contributed by atoms with van der Waals surface area (Å²) in [5.41, 5.74) is -0.156. The van der Waals surface area contributed by atoms with E-state index in [1.54, 1.807) is 6.92 Å². The van der Waals surface area contributed by atoms with Crippen molar-refractivity contribution in [3.63, 3.8) is 0 Å². The molecule has 102 valence electrons. The molecule has 1 saturated heterocycles. The van der Waals surface area contributed by atoms with E-state index < -0.39 is 0 Å². The Morgan fingerprint density at radius 2 is 1.94 bits per heavy atom. The number of carbonyl (C=O) groups is 3. The first kappa shape index (κ1) is 14.9. The lowest BCUT2D eigenvalue weighted by Crippen LogP contribution is -2.36. The molecule has 4 nitrogen and oxygen atoms in total. The molecule has 1 rings (SSSR count). The summed E-state index contributed by atoms with van der Waals surface area (Å²) in [4.78, 5) is 36.6. The average molecular weight is 253 g/mol. The summed E-state index contributed by atoms with van der Waals surface area (Å²) in [6.45, 7) is 8.10. The second-order valence-electron chi connectivity index (χ2n) is 5.62. The van der Waals surface area contributed by atoms with Gasteiger partial charge in [-0.2, -0.15) is 0 Å². The molecule has 1 heterocycles. The van der Waals surface area contributed by atoms with Gasteiger partial charge in [-0.25, -0.2) is 0 Å². The molecule has 1 aliphatic heterocycles. The van der Waals surface area contributed by atoms with Crippen molar-refractivity contribution in [2.75, 3.05) is 6.54 Å². The predicted molar refractivity (Wildman–Crippen MR) is 68.8 cm³/mol. The Labute approximate surface area is 109 Å². The third-order valence-corrected chi connectivity index (χ3v) is 4.11. The minimum Gasteiger partial charge on any atom is -0.300 e. The van der Waals surface area contributed by atoms with E-state index in [2.05, 4.69) is 0 Å². The number of Topliss-reactive ketones (excluding diaryl/α,β-unsaturated/α-hetero) is 1. The molecule has 1 atom stereocenters. The third kappa shape index (κ3) is 2.98. The molecule has 0 saturated carbocycles. The molecular formula is C14H23NO3. The first-order valence-electron chi connectivity index (χ1n) is 6.69. The zero-order valence-corrected chi connectivity index (χ0v) is 11.8. The highest BCUT2D eigenvalue weighted by atomic mass is 16.2. The van der Waals surface area contributed by atoms with E-state index in [1.807, 2.05) is 20.8 Å². The van der Waals surface area contributed by atoms with Crippen molar-refractivity contribution in [2.45, 2.75) is 53.4 Å². The van der Waals surface area contributed by atoms with Crippen LogP contribution in [0.5, 0.6) is 0 Å². The van der Waals surface area contributed by atoms with Crippen LogP contribution in [0.2, 0.25) is 0 Å². The molecule has 0 aromatic rings. The van der Waals surface area contributed by atoms with Gasteiger partial charge in [-0.05, 0) is 5.41 Å². The van der Waals surface area contributed by atoms with Crippen LogP contribution in [-0.2, 0) is 14.4 Å². The highest BCUT2D eigenvalue weighted by Gasteiger charge is 2.45. The summed E-state index contributed by atoms with van der Waals surface area (Å²) in [6.07, 6.45) is 1.89. The Hall–Kier alpha value is -1.19. The summed E-state index contributed by atoms with van der Waals surface area (Å²) < 4.78 is 0. The van der Waals surface area contributed by atoms with Crippen LogP contribution in [0.1, 0.15) is 53.4 Å². The molecule has 1 fully saturated rings. The fourth-order valence-corrected chi connectivity index (χ4v) is 2.19. The van der Waals surface area contributed by atoms with Gasteiger partial charge in [-0.3, -0.25) is 19.3 Å². The van der Waals surface area contributed by atoms with Crippen LogP contribution in [0.15, 0.2) is 0 Å². The van der Waals surface area contributed by atoms with Gasteiger partial charge in [0.1, 0.15) is 5.78 Å². The maximum absolute atomic E-state index is 12.2. The summed E-state index contributed by atoms with van der Waals surface area (Å²) >= 11 is 0. The molecule has 0 N–H and O–H groups in total. The molecule has 0 bridgehead atoms. The molecule has 0 aromatic heterocycles. The van der Waals surface area contributed by atoms with E-state index in [4.69, 9.17) is 0 Å². The highest BCUT2D eigenvalue weighted by Crippen LogP contribution is 2.38. The number of hydrogen-bond acceptors (Lipinski definition) is 3. The SMILES string of the molecule is CCC(=O)CCN1C(=O)CC(C(C)(C)CC)C1=O. The van der Waals surface area contributed by atoms with E-state index in [1.165, 1.54) is 4.90 Å². The number of nitrogens with zero attached hydrogens (tertiary/aromatic N) is 1. The zero-order valence-electron chi connectivity index (χ0n) is 11.8. The van der Waals surface area contributed by atoms with Gasteiger partial charge in [-0.15, -0.1) is 0 Å². The second-order valence-corrected chi connectivity index (χ2v) is 5.62. The number of amides is 2. The lowest BCUT2D eigenvalue weighted by atomic mass is 9.76. The number of likely N-dealkylation sites (tertiary alicyclic amines) is 1. The number of ketones is 1. The fraction of sp³-hybridized carbons (Fsp3) is 0.786. The maximum atomic E-state index is 12.2. The van der Waals surface area contributed by atoms with Crippen LogP contribution in [0, 0.1) is 11.3 Å². The molecule has 0 spiro atoms. The first-order valence-corrected chi connectivity index (χ1v) is 6.69. The minimum absolute atomic E-state index is 0.0915. The van der Waals surface area contributed by atoms with Crippen LogP contribution >= 0.6 is 0 Å². The fourth-order valence-electron chi connectivity index (χ4n) is 2.19. The Balaban J connectivity index is 2.70. The Bertz CT molecular complexity index is 360. The third-order valence-electron chi connectivity index (χ3n) is 4.11. The van der Waals surface area contributed by atoms with Gasteiger partial charge < -0.3 is 0 Å². The smallest absolute Gasteiger partial charge is 0.233 e. The molecule has 0 aliphatic carbocycles. The summed E-state index contributed by atoms with van der Waals surface area (Å²) in [5, 5.41) is 0. The van der Waals surface area contributed by atoms with Gasteiger partial charge in [0, 0.05) is 25.8 Å². The maximum Gasteiger partial charge on any atom is 0.233 e. The van der Waals surface area contributed by atoms with Crippen molar-refractivity contribution in [2.24, 2.45) is 11.3 Å². The summed E-state index contributed by atoms with van der Waals surface area (Å²) in [6, 6.07) is 0. The molecular weight excluding hydrogens is 230 g/mol. The van der Waals surface area contributed by atoms with Crippen LogP contribution in [-0.4, -0.2) is 29.0 Å². The Morgan fingerprint density at radius 3 is 2.44 bits per heavy atom. The van der Waals surface area contributed by atoms with Gasteiger partial charge in [0.15, 0.2) is 0 Å². The molecule has 0 aromatic carbocycles. The van der Waals surface area contributed by atoms with Crippen molar-refractivity contribution in [1.82, 2.24) is 4.90 Å². The highest BCUT2D eigenvalue weighted by molar-refractivity contribution is 6.04. The molecule has 0 radical (unpaired) electrons. The van der Waals surface area contributed by atoms with Crippen molar-refractivity contribution >= 4 is 17.6 Å². The normalized spacial score (nSPS) is 20.7. The monoisotopic (exact) mass is 253 g/mol. The lowest BCUT2D eigenvalue weighted by Gasteiger charge is -2.28. The van der Waals surface area contributed by atoms with Crippen LogP contribution in [0.25, 0.3) is 0 Å². The molecule has 1 unspecified atom stereocenters. The molecule has 2 amide bonds. The first-order chi connectivity index (χ1) is 8.33. The van der Waals surface area contributed by atoms with E-state index in [0.717, 1.165) is 6.42 Å². The Morgan fingerprint density at radius 1 is 1.33 bits per heavy atom. The topological polar surface area (TPSA) is 54.5 Å². The molecule has 1 aliphatic rings. The van der Waals surface area contributed by atoms with Gasteiger partial charge >= 0.3 is 0 Å². The number of rotatable bonds is 6. The van der Waals surface area contributed by atoms with Gasteiger partial charge in [0.2, 0.25) is 11.8 Å². The number of carbonyl (C=O) groups excluding carboxylic acids is 3. The summed E-state index contributed by atoms with van der Waals surface area (Å²) in [7, 11) is 0. The van der Waals surface area contributed by atoms with Crippen molar-refractivity contribution in [3.8, 4) is 0 Å². The predicted octanol–water partition coefficient (Wildman–Crippen LogP) is 2.17. The van der Waals surface area contributed by atoms with Gasteiger partial charge in [-0.1, -0.05) is 34.1 Å². The van der Waals surface area contributed by atoms with E-state index >= 15 is 0 Å². The van der Waals surface area contributed by atoms with Crippen LogP contribution < -0.4 is 0 Å². The van der Waals surface area contributed by atoms with E-state index in [9.17, 15) is 14.4 Å². The number of hydrogen-bond donors (Lipinski definition) is 0. The van der Waals surface area contributed by atoms with E-state index in [0.29, 0.717) is 12.8 Å². The van der Waals surface area contributed by atoms with Gasteiger partial charge in [0.05, 0.1) is 5.92 Å². The molecule has 4 heteroatoms. The Kier molecular flexibility index (Phi) is 4.65. The minimum atomic E-state index is -0.230. The van der Waals surface area contributed by atoms with Crippen LogP contribution in [0.4, 0.5) is 0 Å². The largest absolute Gasteiger partial charge is 0.300 e. The quantitative estimate of drug-likeness (QED) is 0.682.